The summed E-state index contributed by atoms with van der Waals surface area (Å²) < 4.78 is 5.62. The van der Waals surface area contributed by atoms with E-state index < -0.39 is 12.2 Å². The van der Waals surface area contributed by atoms with E-state index in [1.807, 2.05) is 104 Å². The van der Waals surface area contributed by atoms with Crippen molar-refractivity contribution in [3.8, 4) is 5.75 Å². The van der Waals surface area contributed by atoms with Gasteiger partial charge in [-0.2, -0.15) is 0 Å². The van der Waals surface area contributed by atoms with Gasteiger partial charge < -0.3 is 45.7 Å². The number of benzene rings is 4. The summed E-state index contributed by atoms with van der Waals surface area (Å²) in [6, 6.07) is 31.5. The van der Waals surface area contributed by atoms with E-state index >= 15 is 0 Å². The van der Waals surface area contributed by atoms with E-state index in [0.717, 1.165) is 46.6 Å². The molecule has 1 saturated heterocycles. The predicted molar refractivity (Wildman–Crippen MR) is 257 cm³/mol. The normalized spacial score (nSPS) is 14.3. The summed E-state index contributed by atoms with van der Waals surface area (Å²) in [7, 11) is 1.76. The molecule has 1 aliphatic heterocycles. The molecular weight excluding hydrogens is 821 g/mol. The molecule has 65 heavy (non-hydrogen) atoms. The van der Waals surface area contributed by atoms with Gasteiger partial charge in [0.1, 0.15) is 11.9 Å². The van der Waals surface area contributed by atoms with Gasteiger partial charge in [-0.1, -0.05) is 104 Å². The maximum absolute atomic E-state index is 13.1. The Morgan fingerprint density at radius 3 is 2.45 bits per heavy atom. The van der Waals surface area contributed by atoms with Gasteiger partial charge in [-0.05, 0) is 83.8 Å². The number of alkyl carbamates (subject to hydrolysis) is 1. The van der Waals surface area contributed by atoms with Crippen molar-refractivity contribution in [2.24, 2.45) is 0 Å². The summed E-state index contributed by atoms with van der Waals surface area (Å²) in [6.45, 7) is 9.21. The lowest BCUT2D eigenvalue weighted by atomic mass is 10.0. The number of carbonyl (C=O) groups excluding carboxylic acids is 3. The number of amides is 3. The van der Waals surface area contributed by atoms with Crippen LogP contribution in [0.4, 0.5) is 10.5 Å². The maximum Gasteiger partial charge on any atom is 0.407 e. The number of aliphatic hydroxyl groups excluding tert-OH is 1. The molecule has 3 amide bonds. The van der Waals surface area contributed by atoms with Crippen molar-refractivity contribution >= 4 is 40.1 Å². The number of phenols is 1. The third kappa shape index (κ3) is 14.6. The Bertz CT molecular complexity index is 2510. The second kappa shape index (κ2) is 23.8. The molecule has 6 rings (SSSR count). The first-order valence-corrected chi connectivity index (χ1v) is 22.1. The van der Waals surface area contributed by atoms with Crippen molar-refractivity contribution in [3.05, 3.63) is 172 Å². The van der Waals surface area contributed by atoms with Crippen molar-refractivity contribution < 1.29 is 29.3 Å². The number of ether oxygens (including phenoxy) is 1. The van der Waals surface area contributed by atoms with Crippen molar-refractivity contribution in [1.82, 2.24) is 25.8 Å². The second-order valence-corrected chi connectivity index (χ2v) is 16.5. The van der Waals surface area contributed by atoms with Gasteiger partial charge in [0.05, 0.1) is 18.0 Å². The molecule has 5 aromatic rings. The number of aliphatic hydroxyl groups is 1. The Hall–Kier alpha value is -6.80. The Balaban J connectivity index is 0.842. The van der Waals surface area contributed by atoms with Crippen LogP contribution < -0.4 is 26.4 Å². The lowest BCUT2D eigenvalue weighted by Gasteiger charge is -2.31. The molecule has 0 aliphatic carbocycles. The molecule has 340 valence electrons. The molecule has 4 aromatic carbocycles. The number of aromatic nitrogens is 1. The number of rotatable bonds is 20. The fourth-order valence-corrected chi connectivity index (χ4v) is 7.77. The van der Waals surface area contributed by atoms with Crippen LogP contribution in [-0.4, -0.2) is 89.9 Å². The summed E-state index contributed by atoms with van der Waals surface area (Å²) >= 11 is 0. The third-order valence-corrected chi connectivity index (χ3v) is 11.5. The van der Waals surface area contributed by atoms with Gasteiger partial charge >= 0.3 is 6.09 Å². The van der Waals surface area contributed by atoms with Crippen LogP contribution in [0, 0.1) is 0 Å². The van der Waals surface area contributed by atoms with Crippen LogP contribution in [0.15, 0.2) is 139 Å². The standard InChI is InChI=1S/C52H60N6O7/c1-36(41-14-7-4-8-15-41)11-6-5-9-27-53-52(64)65-43-24-28-58(29-25-43)30-26-50(63)57(3)42-18-16-38(17-19-42)33-49(62)55-34-40-13-10-12-39(32-40)31-37(2)54-35-47(60)44-20-22-46(59)51-45(44)21-23-48(61)56-51/h4-23,32,37,43,47,54,59-60H,1,24-31,33-35H2,2-3H3,(H,53,64)(H,55,62)(H,56,61)/b9-5-,11-6-/t37-,47+/m1/s1. The zero-order valence-corrected chi connectivity index (χ0v) is 37.2. The smallest absolute Gasteiger partial charge is 0.407 e. The number of nitrogens with zero attached hydrogens (tertiary/aromatic N) is 2. The molecule has 2 heterocycles. The molecule has 1 fully saturated rings. The van der Waals surface area contributed by atoms with E-state index in [0.29, 0.717) is 61.8 Å². The molecule has 2 atom stereocenters. The van der Waals surface area contributed by atoms with Gasteiger partial charge in [-0.15, -0.1) is 0 Å². The van der Waals surface area contributed by atoms with Crippen molar-refractivity contribution in [2.75, 3.05) is 44.7 Å². The van der Waals surface area contributed by atoms with Crippen LogP contribution in [0.25, 0.3) is 16.5 Å². The number of hydrogen-bond acceptors (Lipinski definition) is 9. The first-order chi connectivity index (χ1) is 31.4. The number of hydrogen-bond donors (Lipinski definition) is 6. The number of carbonyl (C=O) groups is 3. The number of pyridine rings is 1. The van der Waals surface area contributed by atoms with E-state index in [1.54, 1.807) is 24.1 Å². The summed E-state index contributed by atoms with van der Waals surface area (Å²) in [4.78, 5) is 56.6. The number of H-pyrrole nitrogens is 1. The molecule has 0 radical (unpaired) electrons. The average Bonchev–Trinajstić information content (AvgIpc) is 3.31. The molecule has 0 saturated carbocycles. The Labute approximate surface area is 380 Å². The molecule has 0 spiro atoms. The fraction of sp³-hybridized carbons (Fsp3) is 0.308. The Kier molecular flexibility index (Phi) is 17.4. The molecule has 6 N–H and O–H groups in total. The van der Waals surface area contributed by atoms with Gasteiger partial charge in [0, 0.05) is 75.9 Å². The molecule has 1 aromatic heterocycles. The zero-order chi connectivity index (χ0) is 46.1. The highest BCUT2D eigenvalue weighted by molar-refractivity contribution is 5.93. The first-order valence-electron chi connectivity index (χ1n) is 22.1. The van der Waals surface area contributed by atoms with Gasteiger partial charge in [0.15, 0.2) is 0 Å². The molecule has 1 aliphatic rings. The van der Waals surface area contributed by atoms with E-state index in [9.17, 15) is 29.4 Å². The number of piperidine rings is 1. The summed E-state index contributed by atoms with van der Waals surface area (Å²) in [5, 5.41) is 30.9. The quantitative estimate of drug-likeness (QED) is 0.0464. The number of aromatic hydroxyl groups is 1. The van der Waals surface area contributed by atoms with Gasteiger partial charge in [-0.25, -0.2) is 4.79 Å². The third-order valence-electron chi connectivity index (χ3n) is 11.5. The average molecular weight is 881 g/mol. The van der Waals surface area contributed by atoms with E-state index in [-0.39, 0.29) is 48.2 Å². The molecular formula is C52H60N6O7. The van der Waals surface area contributed by atoms with Crippen LogP contribution >= 0.6 is 0 Å². The molecule has 13 heteroatoms. The van der Waals surface area contributed by atoms with E-state index in [2.05, 4.69) is 38.5 Å². The monoisotopic (exact) mass is 880 g/mol. The van der Waals surface area contributed by atoms with Gasteiger partial charge in [0.2, 0.25) is 17.4 Å². The Morgan fingerprint density at radius 1 is 0.923 bits per heavy atom. The minimum absolute atomic E-state index is 0.00658. The highest BCUT2D eigenvalue weighted by Gasteiger charge is 2.23. The topological polar surface area (TPSA) is 176 Å². The minimum Gasteiger partial charge on any atom is -0.506 e. The van der Waals surface area contributed by atoms with Crippen LogP contribution in [-0.2, 0) is 33.7 Å². The van der Waals surface area contributed by atoms with Gasteiger partial charge in [-0.3, -0.25) is 14.4 Å². The molecule has 13 nitrogen and oxygen atoms in total. The van der Waals surface area contributed by atoms with Crippen LogP contribution in [0.5, 0.6) is 5.75 Å². The summed E-state index contributed by atoms with van der Waals surface area (Å²) in [5.74, 6) is -0.170. The first kappa shape index (κ1) is 47.7. The van der Waals surface area contributed by atoms with E-state index in [1.165, 1.54) is 12.1 Å². The summed E-state index contributed by atoms with van der Waals surface area (Å²) in [6.07, 6.45) is 8.74. The van der Waals surface area contributed by atoms with Crippen LogP contribution in [0.2, 0.25) is 0 Å². The maximum atomic E-state index is 13.1. The second-order valence-electron chi connectivity index (χ2n) is 16.5. The number of likely N-dealkylation sites (tertiary alicyclic amines) is 1. The molecule has 0 bridgehead atoms. The van der Waals surface area contributed by atoms with Crippen molar-refractivity contribution in [1.29, 1.82) is 0 Å². The van der Waals surface area contributed by atoms with Gasteiger partial charge in [0.25, 0.3) is 0 Å². The predicted octanol–water partition coefficient (Wildman–Crippen LogP) is 6.72. The van der Waals surface area contributed by atoms with Crippen molar-refractivity contribution in [3.63, 3.8) is 0 Å². The molecule has 0 unspecified atom stereocenters. The van der Waals surface area contributed by atoms with Crippen LogP contribution in [0.1, 0.15) is 60.1 Å². The van der Waals surface area contributed by atoms with Crippen LogP contribution in [0.3, 0.4) is 0 Å². The largest absolute Gasteiger partial charge is 0.506 e. The Morgan fingerprint density at radius 2 is 1.68 bits per heavy atom. The highest BCUT2D eigenvalue weighted by atomic mass is 16.6. The number of nitrogens with one attached hydrogen (secondary N) is 4. The SMILES string of the molecule is C=C(/C=C\C=C/CNC(=O)OC1CCN(CCC(=O)N(C)c2ccc(CC(=O)NCc3cccc(C[C@@H](C)NC[C@H](O)c4ccc(O)c5[nH]c(=O)ccc45)c3)cc2)CC1)c1ccccc1. The lowest BCUT2D eigenvalue weighted by molar-refractivity contribution is -0.120. The number of anilines is 1. The highest BCUT2D eigenvalue weighted by Crippen LogP contribution is 2.29. The van der Waals surface area contributed by atoms with Crippen molar-refractivity contribution in [2.45, 2.75) is 63.8 Å². The number of aromatic amines is 1. The number of fused-ring (bicyclic) bond motifs is 1. The lowest BCUT2D eigenvalue weighted by Crippen LogP contribution is -2.41. The summed E-state index contributed by atoms with van der Waals surface area (Å²) in [5.41, 5.74) is 6.18. The minimum atomic E-state index is -0.857. The van der Waals surface area contributed by atoms with E-state index in [4.69, 9.17) is 4.74 Å². The fourth-order valence-electron chi connectivity index (χ4n) is 7.77. The zero-order valence-electron chi connectivity index (χ0n) is 37.2. The number of allylic oxidation sites excluding steroid dienone is 4. The number of phenolic OH excluding ortho intramolecular Hbond substituents is 1.